The number of hydrogen-bond donors (Lipinski definition) is 0. The van der Waals surface area contributed by atoms with Crippen LogP contribution in [0.25, 0.3) is 10.8 Å². The molecule has 1 atom stereocenters. The van der Waals surface area contributed by atoms with Gasteiger partial charge in [0.25, 0.3) is 0 Å². The largest absolute Gasteiger partial charge is 0.495 e. The molecule has 0 saturated carbocycles. The van der Waals surface area contributed by atoms with Gasteiger partial charge >= 0.3 is 0 Å². The smallest absolute Gasteiger partial charge is 0.176 e. The number of hydrogen-bond acceptors (Lipinski definition) is 2. The van der Waals surface area contributed by atoms with Crippen molar-refractivity contribution in [2.24, 2.45) is 0 Å². The summed E-state index contributed by atoms with van der Waals surface area (Å²) in [5.41, 5.74) is 0.710. The van der Waals surface area contributed by atoms with E-state index in [1.807, 2.05) is 30.3 Å². The summed E-state index contributed by atoms with van der Waals surface area (Å²) < 4.78 is 5.21. The maximum absolute atomic E-state index is 12.4. The molecule has 1 unspecified atom stereocenters. The van der Waals surface area contributed by atoms with Gasteiger partial charge in [-0.2, -0.15) is 0 Å². The van der Waals surface area contributed by atoms with E-state index in [4.69, 9.17) is 16.3 Å². The lowest BCUT2D eigenvalue weighted by atomic mass is 10.0. The Balaban J connectivity index is 2.33. The normalized spacial score (nSPS) is 12.4. The summed E-state index contributed by atoms with van der Waals surface area (Å²) in [6, 6.07) is 9.35. The Morgan fingerprint density at radius 2 is 2.10 bits per heavy atom. The minimum atomic E-state index is -0.122. The highest BCUT2D eigenvalue weighted by Crippen LogP contribution is 2.33. The van der Waals surface area contributed by atoms with Gasteiger partial charge < -0.3 is 4.74 Å². The minimum absolute atomic E-state index is 0.122. The SMILES string of the molecule is CCCCC(Br)C(=O)c1ccc2c(Cl)c(OC)ccc2c1. The number of ketones is 1. The molecule has 112 valence electrons. The average Bonchev–Trinajstić information content (AvgIpc) is 2.51. The van der Waals surface area contributed by atoms with Crippen LogP contribution in [0.4, 0.5) is 0 Å². The fourth-order valence-electron chi connectivity index (χ4n) is 2.28. The van der Waals surface area contributed by atoms with Gasteiger partial charge in [-0.3, -0.25) is 4.79 Å². The molecule has 0 radical (unpaired) electrons. The van der Waals surface area contributed by atoms with E-state index in [2.05, 4.69) is 22.9 Å². The molecule has 0 fully saturated rings. The number of ether oxygens (including phenoxy) is 1. The van der Waals surface area contributed by atoms with Gasteiger partial charge in [0.05, 0.1) is 17.0 Å². The van der Waals surface area contributed by atoms with Crippen molar-refractivity contribution in [2.45, 2.75) is 31.0 Å². The Hall–Kier alpha value is -1.06. The van der Waals surface area contributed by atoms with Gasteiger partial charge in [0.2, 0.25) is 0 Å². The summed E-state index contributed by atoms with van der Waals surface area (Å²) >= 11 is 9.77. The van der Waals surface area contributed by atoms with Gasteiger partial charge in [0, 0.05) is 10.9 Å². The van der Waals surface area contributed by atoms with Gasteiger partial charge in [0.1, 0.15) is 5.75 Å². The molecule has 0 aliphatic heterocycles. The van der Waals surface area contributed by atoms with Crippen molar-refractivity contribution in [3.05, 3.63) is 40.9 Å². The second-order valence-corrected chi connectivity index (χ2v) is 6.48. The van der Waals surface area contributed by atoms with E-state index >= 15 is 0 Å². The first kappa shape index (κ1) is 16.3. The van der Waals surface area contributed by atoms with Crippen LogP contribution in [0.2, 0.25) is 5.02 Å². The molecule has 0 spiro atoms. The molecule has 2 nitrogen and oxygen atoms in total. The van der Waals surface area contributed by atoms with Crippen LogP contribution >= 0.6 is 27.5 Å². The van der Waals surface area contributed by atoms with E-state index in [-0.39, 0.29) is 10.6 Å². The number of methoxy groups -OCH3 is 1. The molecular formula is C17H18BrClO2. The molecule has 2 aromatic rings. The molecular weight excluding hydrogens is 352 g/mol. The minimum Gasteiger partial charge on any atom is -0.495 e. The first-order valence-corrected chi connectivity index (χ1v) is 8.32. The van der Waals surface area contributed by atoms with Crippen LogP contribution in [0.15, 0.2) is 30.3 Å². The Morgan fingerprint density at radius 1 is 1.33 bits per heavy atom. The molecule has 0 N–H and O–H groups in total. The molecule has 0 aromatic heterocycles. The molecule has 0 aliphatic carbocycles. The summed E-state index contributed by atoms with van der Waals surface area (Å²) in [5, 5.41) is 2.42. The van der Waals surface area contributed by atoms with E-state index in [0.717, 1.165) is 30.0 Å². The molecule has 0 heterocycles. The third-order valence-corrected chi connectivity index (χ3v) is 4.78. The number of halogens is 2. The quantitative estimate of drug-likeness (QED) is 0.486. The van der Waals surface area contributed by atoms with Crippen molar-refractivity contribution in [1.82, 2.24) is 0 Å². The highest BCUT2D eigenvalue weighted by molar-refractivity contribution is 9.10. The molecule has 0 saturated heterocycles. The Morgan fingerprint density at radius 3 is 2.76 bits per heavy atom. The van der Waals surface area contributed by atoms with Crippen molar-refractivity contribution in [3.8, 4) is 5.75 Å². The number of Topliss-reactive ketones (excluding diaryl/α,β-unsaturated/α-hetero) is 1. The summed E-state index contributed by atoms with van der Waals surface area (Å²) in [4.78, 5) is 12.3. The zero-order chi connectivity index (χ0) is 15.4. The summed E-state index contributed by atoms with van der Waals surface area (Å²) in [6.45, 7) is 2.12. The van der Waals surface area contributed by atoms with E-state index in [1.54, 1.807) is 7.11 Å². The molecule has 0 bridgehead atoms. The molecule has 2 aromatic carbocycles. The topological polar surface area (TPSA) is 26.3 Å². The lowest BCUT2D eigenvalue weighted by Crippen LogP contribution is -2.14. The van der Waals surface area contributed by atoms with Crippen molar-refractivity contribution < 1.29 is 9.53 Å². The number of unbranched alkanes of at least 4 members (excludes halogenated alkanes) is 1. The summed E-state index contributed by atoms with van der Waals surface area (Å²) in [6.07, 6.45) is 2.98. The molecule has 21 heavy (non-hydrogen) atoms. The fourth-order valence-corrected chi connectivity index (χ4v) is 3.18. The van der Waals surface area contributed by atoms with Crippen LogP contribution in [-0.4, -0.2) is 17.7 Å². The average molecular weight is 370 g/mol. The lowest BCUT2D eigenvalue weighted by molar-refractivity contribution is 0.0988. The highest BCUT2D eigenvalue weighted by Gasteiger charge is 2.17. The van der Waals surface area contributed by atoms with E-state index in [9.17, 15) is 4.79 Å². The van der Waals surface area contributed by atoms with Crippen molar-refractivity contribution in [3.63, 3.8) is 0 Å². The Kier molecular flexibility index (Phi) is 5.65. The van der Waals surface area contributed by atoms with Crippen molar-refractivity contribution in [2.75, 3.05) is 7.11 Å². The number of rotatable bonds is 6. The first-order valence-electron chi connectivity index (χ1n) is 7.03. The number of alkyl halides is 1. The zero-order valence-electron chi connectivity index (χ0n) is 12.2. The Labute approximate surface area is 138 Å². The summed E-state index contributed by atoms with van der Waals surface area (Å²) in [7, 11) is 1.59. The molecule has 4 heteroatoms. The van der Waals surface area contributed by atoms with Crippen LogP contribution in [0.5, 0.6) is 5.75 Å². The van der Waals surface area contributed by atoms with E-state index < -0.39 is 0 Å². The first-order chi connectivity index (χ1) is 10.1. The highest BCUT2D eigenvalue weighted by atomic mass is 79.9. The number of benzene rings is 2. The van der Waals surface area contributed by atoms with Gasteiger partial charge in [-0.05, 0) is 23.9 Å². The second-order valence-electron chi connectivity index (χ2n) is 4.99. The van der Waals surface area contributed by atoms with Gasteiger partial charge in [0.15, 0.2) is 5.78 Å². The van der Waals surface area contributed by atoms with Gasteiger partial charge in [-0.1, -0.05) is 65.5 Å². The standard InChI is InChI=1S/C17H18BrClO2/c1-3-4-5-14(18)17(20)12-6-8-13-11(10-12)7-9-15(21-2)16(13)19/h6-10,14H,3-5H2,1-2H3. The van der Waals surface area contributed by atoms with Crippen LogP contribution in [0, 0.1) is 0 Å². The van der Waals surface area contributed by atoms with E-state index in [0.29, 0.717) is 16.3 Å². The van der Waals surface area contributed by atoms with Crippen molar-refractivity contribution >= 4 is 44.1 Å². The van der Waals surface area contributed by atoms with Crippen LogP contribution in [-0.2, 0) is 0 Å². The monoisotopic (exact) mass is 368 g/mol. The number of fused-ring (bicyclic) bond motifs is 1. The number of carbonyl (C=O) groups excluding carboxylic acids is 1. The third kappa shape index (κ3) is 3.58. The van der Waals surface area contributed by atoms with Crippen molar-refractivity contribution in [1.29, 1.82) is 0 Å². The fraction of sp³-hybridized carbons (Fsp3) is 0.353. The molecule has 2 rings (SSSR count). The lowest BCUT2D eigenvalue weighted by Gasteiger charge is -2.10. The van der Waals surface area contributed by atoms with Crippen LogP contribution < -0.4 is 4.74 Å². The van der Waals surface area contributed by atoms with E-state index in [1.165, 1.54) is 0 Å². The molecule has 0 amide bonds. The maximum atomic E-state index is 12.4. The zero-order valence-corrected chi connectivity index (χ0v) is 14.5. The predicted octanol–water partition coefficient (Wildman–Crippen LogP) is 5.64. The van der Waals surface area contributed by atoms with Gasteiger partial charge in [-0.25, -0.2) is 0 Å². The maximum Gasteiger partial charge on any atom is 0.176 e. The summed E-state index contributed by atoms with van der Waals surface area (Å²) in [5.74, 6) is 0.766. The van der Waals surface area contributed by atoms with Crippen LogP contribution in [0.3, 0.4) is 0 Å². The van der Waals surface area contributed by atoms with Crippen LogP contribution in [0.1, 0.15) is 36.5 Å². The number of carbonyl (C=O) groups is 1. The van der Waals surface area contributed by atoms with Gasteiger partial charge in [-0.15, -0.1) is 0 Å². The molecule has 0 aliphatic rings. The predicted molar refractivity (Wildman–Crippen MR) is 92.1 cm³/mol. The Bertz CT molecular complexity index is 655. The second kappa shape index (κ2) is 7.28. The third-order valence-electron chi connectivity index (χ3n) is 3.52.